The maximum absolute atomic E-state index is 12.8. The second-order valence-corrected chi connectivity index (χ2v) is 7.84. The minimum Gasteiger partial charge on any atom is -0.496 e. The Morgan fingerprint density at radius 3 is 2.88 bits per heavy atom. The van der Waals surface area contributed by atoms with Gasteiger partial charge in [-0.3, -0.25) is 4.79 Å². The lowest BCUT2D eigenvalue weighted by Gasteiger charge is -2.24. The van der Waals surface area contributed by atoms with E-state index in [4.69, 9.17) is 4.74 Å². The van der Waals surface area contributed by atoms with Crippen LogP contribution >= 0.6 is 11.8 Å². The molecule has 1 heterocycles. The van der Waals surface area contributed by atoms with E-state index in [1.54, 1.807) is 18.9 Å². The summed E-state index contributed by atoms with van der Waals surface area (Å²) in [6.45, 7) is 0.622. The number of fused-ring (bicyclic) bond motifs is 1. The first kappa shape index (κ1) is 17.6. The second kappa shape index (κ2) is 7.79. The molecule has 0 bridgehead atoms. The molecule has 1 aliphatic heterocycles. The lowest BCUT2D eigenvalue weighted by atomic mass is 9.85. The van der Waals surface area contributed by atoms with Crippen LogP contribution < -0.4 is 10.1 Å². The molecule has 24 heavy (non-hydrogen) atoms. The van der Waals surface area contributed by atoms with Crippen LogP contribution in [0.4, 0.5) is 0 Å². The Bertz CT molecular complexity index is 579. The van der Waals surface area contributed by atoms with Gasteiger partial charge >= 0.3 is 0 Å². The van der Waals surface area contributed by atoms with Gasteiger partial charge in [0.1, 0.15) is 5.75 Å². The lowest BCUT2D eigenvalue weighted by Crippen LogP contribution is -2.43. The number of nitrogens with zero attached hydrogens (tertiary/aromatic N) is 1. The van der Waals surface area contributed by atoms with Crippen LogP contribution in [0.15, 0.2) is 23.1 Å². The van der Waals surface area contributed by atoms with Gasteiger partial charge in [0.05, 0.1) is 13.2 Å². The average Bonchev–Trinajstić information content (AvgIpc) is 3.04. The van der Waals surface area contributed by atoms with Crippen molar-refractivity contribution in [2.75, 3.05) is 20.4 Å². The third-order valence-electron chi connectivity index (χ3n) is 5.40. The molecule has 1 aliphatic carbocycles. The summed E-state index contributed by atoms with van der Waals surface area (Å²) in [5.74, 6) is 1.80. The molecule has 1 saturated heterocycles. The fourth-order valence-corrected chi connectivity index (χ4v) is 4.65. The van der Waals surface area contributed by atoms with Gasteiger partial charge in [0.2, 0.25) is 5.91 Å². The zero-order valence-corrected chi connectivity index (χ0v) is 15.7. The van der Waals surface area contributed by atoms with Crippen molar-refractivity contribution in [3.63, 3.8) is 0 Å². The minimum atomic E-state index is -0.00420. The maximum Gasteiger partial charge on any atom is 0.239 e. The van der Waals surface area contributed by atoms with E-state index in [1.165, 1.54) is 25.7 Å². The Balaban J connectivity index is 1.62. The number of amides is 1. The number of carbonyl (C=O) groups is 1. The number of hydrogen-bond acceptors (Lipinski definition) is 4. The van der Waals surface area contributed by atoms with Crippen molar-refractivity contribution in [3.05, 3.63) is 23.8 Å². The molecular weight excluding hydrogens is 320 g/mol. The summed E-state index contributed by atoms with van der Waals surface area (Å²) in [6.07, 6.45) is 8.17. The summed E-state index contributed by atoms with van der Waals surface area (Å²) < 4.78 is 5.45. The van der Waals surface area contributed by atoms with Crippen LogP contribution in [-0.4, -0.2) is 43.3 Å². The molecule has 3 atom stereocenters. The van der Waals surface area contributed by atoms with E-state index in [2.05, 4.69) is 17.4 Å². The van der Waals surface area contributed by atoms with Gasteiger partial charge in [-0.15, -0.1) is 11.8 Å². The Hall–Kier alpha value is -1.20. The number of nitrogens with one attached hydrogen (secondary N) is 1. The maximum atomic E-state index is 12.8. The van der Waals surface area contributed by atoms with Crippen molar-refractivity contribution < 1.29 is 9.53 Å². The highest BCUT2D eigenvalue weighted by atomic mass is 32.2. The highest BCUT2D eigenvalue weighted by Gasteiger charge is 2.39. The van der Waals surface area contributed by atoms with Crippen molar-refractivity contribution in [3.8, 4) is 5.75 Å². The predicted octanol–water partition coefficient (Wildman–Crippen LogP) is 3.30. The topological polar surface area (TPSA) is 41.6 Å². The van der Waals surface area contributed by atoms with E-state index in [9.17, 15) is 4.79 Å². The van der Waals surface area contributed by atoms with Crippen LogP contribution in [0.25, 0.3) is 0 Å². The molecule has 0 aromatic heterocycles. The molecule has 2 fully saturated rings. The molecule has 1 saturated carbocycles. The number of ether oxygens (including phenoxy) is 1. The van der Waals surface area contributed by atoms with Crippen LogP contribution in [0.2, 0.25) is 0 Å². The molecule has 5 heteroatoms. The zero-order valence-electron chi connectivity index (χ0n) is 14.9. The third-order valence-corrected chi connectivity index (χ3v) is 6.18. The smallest absolute Gasteiger partial charge is 0.239 e. The van der Waals surface area contributed by atoms with Crippen molar-refractivity contribution >= 4 is 17.7 Å². The molecule has 132 valence electrons. The van der Waals surface area contributed by atoms with Gasteiger partial charge < -0.3 is 15.0 Å². The minimum absolute atomic E-state index is 0.00420. The quantitative estimate of drug-likeness (QED) is 0.829. The first-order valence-electron chi connectivity index (χ1n) is 8.84. The Morgan fingerprint density at radius 2 is 2.17 bits per heavy atom. The fourth-order valence-electron chi connectivity index (χ4n) is 4.11. The lowest BCUT2D eigenvalue weighted by molar-refractivity contribution is -0.132. The zero-order chi connectivity index (χ0) is 17.1. The van der Waals surface area contributed by atoms with Crippen LogP contribution in [0.1, 0.15) is 37.7 Å². The van der Waals surface area contributed by atoms with E-state index >= 15 is 0 Å². The van der Waals surface area contributed by atoms with E-state index in [-0.39, 0.29) is 11.9 Å². The van der Waals surface area contributed by atoms with Crippen molar-refractivity contribution in [2.45, 2.75) is 55.6 Å². The molecule has 3 unspecified atom stereocenters. The number of carbonyl (C=O) groups excluding carboxylic acids is 1. The summed E-state index contributed by atoms with van der Waals surface area (Å²) in [7, 11) is 3.60. The third kappa shape index (κ3) is 3.72. The standard InChI is InChI=1S/C19H28N2O2S/c1-21(12-13-8-9-18(24-3)17(10-13)23-2)19(22)16-11-14-6-4-5-7-15(14)20-16/h8-10,14-16,20H,4-7,11-12H2,1-3H3. The van der Waals surface area contributed by atoms with Crippen LogP contribution in [0.5, 0.6) is 5.75 Å². The summed E-state index contributed by atoms with van der Waals surface area (Å²) in [6, 6.07) is 6.74. The molecule has 0 spiro atoms. The first-order valence-corrected chi connectivity index (χ1v) is 10.1. The monoisotopic (exact) mass is 348 g/mol. The van der Waals surface area contributed by atoms with Crippen molar-refractivity contribution in [2.24, 2.45) is 5.92 Å². The van der Waals surface area contributed by atoms with E-state index in [0.29, 0.717) is 18.5 Å². The van der Waals surface area contributed by atoms with Gasteiger partial charge in [0.15, 0.2) is 0 Å². The van der Waals surface area contributed by atoms with E-state index in [1.807, 2.05) is 24.3 Å². The van der Waals surface area contributed by atoms with Crippen LogP contribution in [-0.2, 0) is 11.3 Å². The number of thioether (sulfide) groups is 1. The molecule has 2 aliphatic rings. The van der Waals surface area contributed by atoms with Gasteiger partial charge in [-0.1, -0.05) is 18.9 Å². The van der Waals surface area contributed by atoms with Crippen molar-refractivity contribution in [1.29, 1.82) is 0 Å². The van der Waals surface area contributed by atoms with Crippen LogP contribution in [0, 0.1) is 5.92 Å². The number of rotatable bonds is 5. The normalized spacial score (nSPS) is 26.0. The van der Waals surface area contributed by atoms with Gasteiger partial charge in [-0.05, 0) is 49.1 Å². The molecule has 3 rings (SSSR count). The van der Waals surface area contributed by atoms with Crippen molar-refractivity contribution in [1.82, 2.24) is 10.2 Å². The molecular formula is C19H28N2O2S. The Morgan fingerprint density at radius 1 is 1.38 bits per heavy atom. The SMILES string of the molecule is COc1cc(CN(C)C(=O)C2CC3CCCCC3N2)ccc1SC. The predicted molar refractivity (Wildman–Crippen MR) is 98.5 cm³/mol. The van der Waals surface area contributed by atoms with Gasteiger partial charge in [0, 0.05) is 24.5 Å². The molecule has 1 aromatic carbocycles. The summed E-state index contributed by atoms with van der Waals surface area (Å²) in [5, 5.41) is 3.58. The van der Waals surface area contributed by atoms with Gasteiger partial charge in [-0.2, -0.15) is 0 Å². The molecule has 4 nitrogen and oxygen atoms in total. The van der Waals surface area contributed by atoms with E-state index < -0.39 is 0 Å². The number of methoxy groups -OCH3 is 1. The highest BCUT2D eigenvalue weighted by molar-refractivity contribution is 7.98. The first-order chi connectivity index (χ1) is 11.6. The number of likely N-dealkylation sites (N-methyl/N-ethyl adjacent to an activating group) is 1. The average molecular weight is 349 g/mol. The molecule has 0 radical (unpaired) electrons. The van der Waals surface area contributed by atoms with E-state index in [0.717, 1.165) is 22.6 Å². The summed E-state index contributed by atoms with van der Waals surface area (Å²) in [4.78, 5) is 15.8. The Labute approximate surface area is 149 Å². The number of benzene rings is 1. The summed E-state index contributed by atoms with van der Waals surface area (Å²) in [5.41, 5.74) is 1.11. The van der Waals surface area contributed by atoms with Crippen LogP contribution in [0.3, 0.4) is 0 Å². The Kier molecular flexibility index (Phi) is 5.72. The highest BCUT2D eigenvalue weighted by Crippen LogP contribution is 2.34. The molecule has 1 aromatic rings. The molecule has 1 amide bonds. The van der Waals surface area contributed by atoms with Gasteiger partial charge in [-0.25, -0.2) is 0 Å². The second-order valence-electron chi connectivity index (χ2n) is 6.99. The van der Waals surface area contributed by atoms with Gasteiger partial charge in [0.25, 0.3) is 0 Å². The number of hydrogen-bond donors (Lipinski definition) is 1. The summed E-state index contributed by atoms with van der Waals surface area (Å²) >= 11 is 1.67. The fraction of sp³-hybridized carbons (Fsp3) is 0.632. The molecule has 1 N–H and O–H groups in total. The largest absolute Gasteiger partial charge is 0.496 e.